The normalized spacial score (nSPS) is 14.3. The van der Waals surface area contributed by atoms with Crippen molar-refractivity contribution in [3.8, 4) is 11.1 Å². The lowest BCUT2D eigenvalue weighted by Gasteiger charge is -2.05. The number of fused-ring (bicyclic) bond motifs is 1. The Labute approximate surface area is 175 Å². The summed E-state index contributed by atoms with van der Waals surface area (Å²) in [5, 5.41) is 1.93. The first-order valence-corrected chi connectivity index (χ1v) is 11.0. The molecule has 0 aliphatic heterocycles. The second kappa shape index (κ2) is 8.75. The van der Waals surface area contributed by atoms with E-state index in [0.717, 1.165) is 35.3 Å². The second-order valence-corrected chi connectivity index (χ2v) is 8.19. The number of aryl methyl sites for hydroxylation is 1. The molecule has 1 atom stereocenters. The van der Waals surface area contributed by atoms with Crippen molar-refractivity contribution in [3.05, 3.63) is 81.5 Å². The van der Waals surface area contributed by atoms with E-state index in [9.17, 15) is 9.59 Å². The molecule has 4 heteroatoms. The molecule has 2 aromatic carbocycles. The van der Waals surface area contributed by atoms with E-state index in [2.05, 4.69) is 36.4 Å². The standard InChI is InChI=1S/C25H24O3S/c1-2-28-25(27)23-20-16-29-24(22(20)23)21(26)11-7-6-8-17-12-14-19(15-13-17)18-9-4-3-5-10-18/h3-5,9-10,12-16,23H,2,6-8,11H2,1H3. The average Bonchev–Trinajstić information content (AvgIpc) is 3.31. The summed E-state index contributed by atoms with van der Waals surface area (Å²) in [6.45, 7) is 2.17. The van der Waals surface area contributed by atoms with Gasteiger partial charge < -0.3 is 4.74 Å². The summed E-state index contributed by atoms with van der Waals surface area (Å²) in [6, 6.07) is 19.0. The molecule has 0 radical (unpaired) electrons. The van der Waals surface area contributed by atoms with Crippen LogP contribution in [0.15, 0.2) is 60.0 Å². The number of Topliss-reactive ketones (excluding diaryl/α,β-unsaturated/α-hetero) is 1. The van der Waals surface area contributed by atoms with Crippen molar-refractivity contribution in [2.24, 2.45) is 0 Å². The number of unbranched alkanes of at least 4 members (excludes halogenated alkanes) is 1. The number of rotatable bonds is 9. The van der Waals surface area contributed by atoms with Crippen LogP contribution in [0.25, 0.3) is 11.1 Å². The van der Waals surface area contributed by atoms with Crippen LogP contribution < -0.4 is 0 Å². The van der Waals surface area contributed by atoms with Crippen molar-refractivity contribution in [2.45, 2.75) is 38.5 Å². The highest BCUT2D eigenvalue weighted by atomic mass is 32.1. The van der Waals surface area contributed by atoms with Gasteiger partial charge in [0.2, 0.25) is 0 Å². The quantitative estimate of drug-likeness (QED) is 0.249. The van der Waals surface area contributed by atoms with E-state index in [1.54, 1.807) is 6.92 Å². The Kier molecular flexibility index (Phi) is 5.91. The Bertz CT molecular complexity index is 1000. The largest absolute Gasteiger partial charge is 0.465 e. The van der Waals surface area contributed by atoms with Crippen LogP contribution in [-0.4, -0.2) is 18.4 Å². The number of ether oxygens (including phenoxy) is 1. The molecule has 148 valence electrons. The molecule has 0 N–H and O–H groups in total. The number of hydrogen-bond donors (Lipinski definition) is 0. The fourth-order valence-corrected chi connectivity index (χ4v) is 4.83. The minimum Gasteiger partial charge on any atom is -0.465 e. The molecule has 29 heavy (non-hydrogen) atoms. The van der Waals surface area contributed by atoms with Crippen LogP contribution in [-0.2, 0) is 16.0 Å². The molecule has 0 saturated carbocycles. The maximum Gasteiger partial charge on any atom is 0.318 e. The molecule has 3 nitrogen and oxygen atoms in total. The number of thiophene rings is 1. The van der Waals surface area contributed by atoms with Gasteiger partial charge in [0, 0.05) is 6.42 Å². The summed E-state index contributed by atoms with van der Waals surface area (Å²) < 4.78 is 5.08. The monoisotopic (exact) mass is 404 g/mol. The number of carbonyl (C=O) groups excluding carboxylic acids is 2. The molecular weight excluding hydrogens is 380 g/mol. The fourth-order valence-electron chi connectivity index (χ4n) is 3.73. The summed E-state index contributed by atoms with van der Waals surface area (Å²) in [6.07, 6.45) is 3.34. The maximum absolute atomic E-state index is 12.6. The zero-order valence-corrected chi connectivity index (χ0v) is 17.3. The lowest BCUT2D eigenvalue weighted by atomic mass is 10.0. The summed E-state index contributed by atoms with van der Waals surface area (Å²) in [4.78, 5) is 25.2. The second-order valence-electron chi connectivity index (χ2n) is 7.31. The lowest BCUT2D eigenvalue weighted by Crippen LogP contribution is -2.07. The van der Waals surface area contributed by atoms with Crippen molar-refractivity contribution in [1.29, 1.82) is 0 Å². The van der Waals surface area contributed by atoms with Gasteiger partial charge in [0.1, 0.15) is 5.92 Å². The number of hydrogen-bond acceptors (Lipinski definition) is 4. The maximum atomic E-state index is 12.6. The minimum atomic E-state index is -0.279. The van der Waals surface area contributed by atoms with E-state index in [4.69, 9.17) is 4.74 Å². The SMILES string of the molecule is CCOC(=O)C1c2csc(C(=O)CCCCc3ccc(-c4ccccc4)cc3)c21. The van der Waals surface area contributed by atoms with Gasteiger partial charge in [-0.15, -0.1) is 11.3 Å². The first kappa shape index (κ1) is 19.6. The van der Waals surface area contributed by atoms with Crippen LogP contribution in [0, 0.1) is 0 Å². The Hall–Kier alpha value is -2.72. The Morgan fingerprint density at radius 1 is 0.966 bits per heavy atom. The molecule has 1 unspecified atom stereocenters. The predicted molar refractivity (Wildman–Crippen MR) is 117 cm³/mol. The van der Waals surface area contributed by atoms with Crippen molar-refractivity contribution in [2.75, 3.05) is 6.61 Å². The highest BCUT2D eigenvalue weighted by Gasteiger charge is 2.45. The van der Waals surface area contributed by atoms with E-state index < -0.39 is 0 Å². The van der Waals surface area contributed by atoms with Gasteiger partial charge in [-0.25, -0.2) is 0 Å². The fraction of sp³-hybridized carbons (Fsp3) is 0.280. The average molecular weight is 405 g/mol. The molecular formula is C25H24O3S. The molecule has 1 aliphatic rings. The third-order valence-electron chi connectivity index (χ3n) is 5.33. The van der Waals surface area contributed by atoms with Crippen LogP contribution in [0.5, 0.6) is 0 Å². The molecule has 4 rings (SSSR count). The van der Waals surface area contributed by atoms with Crippen LogP contribution >= 0.6 is 11.3 Å². The van der Waals surface area contributed by atoms with Gasteiger partial charge in [-0.2, -0.15) is 0 Å². The van der Waals surface area contributed by atoms with Crippen LogP contribution in [0.4, 0.5) is 0 Å². The molecule has 0 amide bonds. The van der Waals surface area contributed by atoms with E-state index in [0.29, 0.717) is 13.0 Å². The first-order valence-electron chi connectivity index (χ1n) is 10.1. The van der Waals surface area contributed by atoms with Gasteiger partial charge in [-0.05, 0) is 59.4 Å². The molecule has 1 aromatic heterocycles. The molecule has 0 fully saturated rings. The van der Waals surface area contributed by atoms with E-state index in [-0.39, 0.29) is 17.7 Å². The topological polar surface area (TPSA) is 43.4 Å². The van der Waals surface area contributed by atoms with Gasteiger partial charge in [-0.3, -0.25) is 9.59 Å². The number of ketones is 1. The molecule has 3 aromatic rings. The molecule has 1 aliphatic carbocycles. The molecule has 0 spiro atoms. The number of benzene rings is 2. The minimum absolute atomic E-state index is 0.155. The van der Waals surface area contributed by atoms with Crippen LogP contribution in [0.2, 0.25) is 0 Å². The van der Waals surface area contributed by atoms with Gasteiger partial charge in [0.15, 0.2) is 5.78 Å². The van der Waals surface area contributed by atoms with Gasteiger partial charge in [0.05, 0.1) is 11.5 Å². The summed E-state index contributed by atoms with van der Waals surface area (Å²) in [7, 11) is 0. The third kappa shape index (κ3) is 4.33. The first-order chi connectivity index (χ1) is 14.2. The number of carbonyl (C=O) groups is 2. The van der Waals surface area contributed by atoms with E-state index in [1.807, 2.05) is 23.6 Å². The van der Waals surface area contributed by atoms with Crippen molar-refractivity contribution in [1.82, 2.24) is 0 Å². The summed E-state index contributed by atoms with van der Waals surface area (Å²) in [5.74, 6) is -0.348. The zero-order valence-electron chi connectivity index (χ0n) is 16.5. The number of esters is 1. The molecule has 0 bridgehead atoms. The summed E-state index contributed by atoms with van der Waals surface area (Å²) in [5.41, 5.74) is 5.63. The van der Waals surface area contributed by atoms with Crippen molar-refractivity contribution < 1.29 is 14.3 Å². The lowest BCUT2D eigenvalue weighted by molar-refractivity contribution is -0.142. The van der Waals surface area contributed by atoms with E-state index in [1.165, 1.54) is 28.0 Å². The van der Waals surface area contributed by atoms with Gasteiger partial charge in [-0.1, -0.05) is 54.6 Å². The van der Waals surface area contributed by atoms with Gasteiger partial charge in [0.25, 0.3) is 0 Å². The Balaban J connectivity index is 1.24. The third-order valence-corrected chi connectivity index (χ3v) is 6.39. The van der Waals surface area contributed by atoms with E-state index >= 15 is 0 Å². The van der Waals surface area contributed by atoms with Crippen molar-refractivity contribution in [3.63, 3.8) is 0 Å². The summed E-state index contributed by atoms with van der Waals surface area (Å²) >= 11 is 1.46. The van der Waals surface area contributed by atoms with Crippen molar-refractivity contribution >= 4 is 23.1 Å². The highest BCUT2D eigenvalue weighted by Crippen LogP contribution is 2.50. The Morgan fingerprint density at radius 3 is 2.41 bits per heavy atom. The molecule has 0 saturated heterocycles. The molecule has 1 heterocycles. The highest BCUT2D eigenvalue weighted by molar-refractivity contribution is 7.12. The zero-order chi connectivity index (χ0) is 20.2. The van der Waals surface area contributed by atoms with Crippen LogP contribution in [0.1, 0.15) is 58.5 Å². The smallest absolute Gasteiger partial charge is 0.318 e. The predicted octanol–water partition coefficient (Wildman–Crippen LogP) is 6.02. The Morgan fingerprint density at radius 2 is 1.69 bits per heavy atom. The van der Waals surface area contributed by atoms with Crippen LogP contribution in [0.3, 0.4) is 0 Å². The van der Waals surface area contributed by atoms with Gasteiger partial charge >= 0.3 is 5.97 Å².